The van der Waals surface area contributed by atoms with E-state index in [1.54, 1.807) is 26.0 Å². The minimum atomic E-state index is -1.33. The summed E-state index contributed by atoms with van der Waals surface area (Å²) in [6.45, 7) is 3.61. The summed E-state index contributed by atoms with van der Waals surface area (Å²) < 4.78 is 30.1. The predicted molar refractivity (Wildman–Crippen MR) is 159 cm³/mol. The van der Waals surface area contributed by atoms with Gasteiger partial charge in [-0.25, -0.2) is 9.59 Å². The third-order valence-electron chi connectivity index (χ3n) is 10.8. The van der Waals surface area contributed by atoms with Gasteiger partial charge in [-0.2, -0.15) is 5.06 Å². The minimum Gasteiger partial charge on any atom is -0.462 e. The first-order valence-corrected chi connectivity index (χ1v) is 16.6. The van der Waals surface area contributed by atoms with Crippen LogP contribution in [-0.4, -0.2) is 96.1 Å². The van der Waals surface area contributed by atoms with Crippen molar-refractivity contribution in [2.75, 3.05) is 19.8 Å². The maximum absolute atomic E-state index is 14.1. The van der Waals surface area contributed by atoms with E-state index in [-0.39, 0.29) is 44.6 Å². The SMILES string of the molecule is CC1(C)COC(=O)C1OC(=O)C=Cc1ccccc1CN1OC2C3OC(C4CC4)(C4CC4)OC3C3CC2(C(=O)NCCO)C1C(=O)O3. The van der Waals surface area contributed by atoms with E-state index >= 15 is 0 Å². The fourth-order valence-electron chi connectivity index (χ4n) is 8.26. The smallest absolute Gasteiger partial charge is 0.348 e. The van der Waals surface area contributed by atoms with Crippen molar-refractivity contribution in [2.24, 2.45) is 22.7 Å². The maximum atomic E-state index is 14.1. The summed E-state index contributed by atoms with van der Waals surface area (Å²) in [7, 11) is 0. The van der Waals surface area contributed by atoms with Gasteiger partial charge in [0.25, 0.3) is 0 Å². The zero-order valence-electron chi connectivity index (χ0n) is 26.4. The summed E-state index contributed by atoms with van der Waals surface area (Å²) in [4.78, 5) is 59.4. The number of hydrogen-bond donors (Lipinski definition) is 2. The first-order valence-electron chi connectivity index (χ1n) is 16.6. The fraction of sp³-hybridized carbons (Fsp3) is 0.647. The molecule has 2 bridgehead atoms. The van der Waals surface area contributed by atoms with Gasteiger partial charge in [-0.15, -0.1) is 0 Å². The first kappa shape index (κ1) is 30.9. The van der Waals surface area contributed by atoms with E-state index in [2.05, 4.69) is 5.32 Å². The van der Waals surface area contributed by atoms with Crippen LogP contribution in [0.3, 0.4) is 0 Å². The number of aliphatic hydroxyl groups excluding tert-OH is 1. The van der Waals surface area contributed by atoms with Crippen molar-refractivity contribution in [1.29, 1.82) is 0 Å². The van der Waals surface area contributed by atoms with Crippen LogP contribution < -0.4 is 5.32 Å². The number of nitrogens with one attached hydrogen (secondary N) is 1. The van der Waals surface area contributed by atoms with Crippen molar-refractivity contribution in [3.8, 4) is 0 Å². The Balaban J connectivity index is 1.08. The van der Waals surface area contributed by atoms with Crippen molar-refractivity contribution in [1.82, 2.24) is 10.4 Å². The summed E-state index contributed by atoms with van der Waals surface area (Å²) in [5, 5.41) is 13.8. The van der Waals surface area contributed by atoms with E-state index in [0.29, 0.717) is 11.1 Å². The number of rotatable bonds is 10. The van der Waals surface area contributed by atoms with Crippen molar-refractivity contribution in [3.63, 3.8) is 0 Å². The van der Waals surface area contributed by atoms with Gasteiger partial charge in [0.1, 0.15) is 36.4 Å². The number of amides is 1. The molecule has 13 nitrogen and oxygen atoms in total. The van der Waals surface area contributed by atoms with E-state index in [4.69, 9.17) is 28.5 Å². The highest BCUT2D eigenvalue weighted by Crippen LogP contribution is 2.63. The standard InChI is InChI=1S/C34H40N2O11/c1-32(2)17-42-30(40)28(32)44-23(38)12-7-18-5-3-4-6-19(18)16-36-26-29(39)43-22-15-33(26,31(41)35-13-14-37)27(47-36)25-24(22)45-34(46-25,20-8-9-20)21-10-11-21/h3-7,12,20-22,24-28,37H,8-11,13-17H2,1-2H3,(H,35,41). The van der Waals surface area contributed by atoms with Gasteiger partial charge in [-0.1, -0.05) is 38.1 Å². The van der Waals surface area contributed by atoms with E-state index in [0.717, 1.165) is 25.7 Å². The Morgan fingerprint density at radius 1 is 1.06 bits per heavy atom. The predicted octanol–water partition coefficient (Wildman–Crippen LogP) is 1.40. The lowest BCUT2D eigenvalue weighted by Crippen LogP contribution is -2.69. The van der Waals surface area contributed by atoms with Crippen LogP contribution in [0, 0.1) is 22.7 Å². The number of carbonyl (C=O) groups is 4. The zero-order chi connectivity index (χ0) is 32.7. The maximum Gasteiger partial charge on any atom is 0.348 e. The average molecular weight is 653 g/mol. The molecule has 4 aliphatic heterocycles. The number of benzene rings is 1. The van der Waals surface area contributed by atoms with Crippen LogP contribution in [0.4, 0.5) is 0 Å². The van der Waals surface area contributed by atoms with Crippen molar-refractivity contribution in [2.45, 2.75) is 94.8 Å². The molecule has 8 rings (SSSR count). The molecule has 0 aromatic heterocycles. The molecule has 7 unspecified atom stereocenters. The van der Waals surface area contributed by atoms with Crippen LogP contribution in [0.1, 0.15) is 57.1 Å². The second-order valence-corrected chi connectivity index (χ2v) is 14.6. The topological polar surface area (TPSA) is 159 Å². The number of carbonyl (C=O) groups excluding carboxylic acids is 4. The number of cyclic esters (lactones) is 1. The zero-order valence-corrected chi connectivity index (χ0v) is 26.4. The summed E-state index contributed by atoms with van der Waals surface area (Å²) in [6.07, 6.45) is 3.34. The molecule has 3 aliphatic carbocycles. The molecule has 1 aromatic carbocycles. The summed E-state index contributed by atoms with van der Waals surface area (Å²) >= 11 is 0. The molecule has 7 fully saturated rings. The van der Waals surface area contributed by atoms with Crippen molar-refractivity contribution < 1.29 is 52.8 Å². The Morgan fingerprint density at radius 3 is 2.47 bits per heavy atom. The van der Waals surface area contributed by atoms with Crippen LogP contribution in [-0.2, 0) is 54.2 Å². The van der Waals surface area contributed by atoms with E-state index in [9.17, 15) is 24.3 Å². The Bertz CT molecular complexity index is 1510. The van der Waals surface area contributed by atoms with Crippen molar-refractivity contribution in [3.05, 3.63) is 41.5 Å². The van der Waals surface area contributed by atoms with Gasteiger partial charge in [0.2, 0.25) is 12.0 Å². The largest absolute Gasteiger partial charge is 0.462 e. The van der Waals surface area contributed by atoms with Gasteiger partial charge in [0, 0.05) is 36.3 Å². The third kappa shape index (κ3) is 4.92. The molecule has 13 heteroatoms. The Hall–Kier alpha value is -3.36. The fourth-order valence-corrected chi connectivity index (χ4v) is 8.26. The molecule has 4 saturated heterocycles. The highest BCUT2D eigenvalue weighted by atomic mass is 16.8. The lowest BCUT2D eigenvalue weighted by Gasteiger charge is -2.48. The number of hydroxylamine groups is 2. The number of fused-ring (bicyclic) bond motifs is 4. The highest BCUT2D eigenvalue weighted by molar-refractivity contribution is 5.94. The number of hydrogen-bond acceptors (Lipinski definition) is 12. The summed E-state index contributed by atoms with van der Waals surface area (Å²) in [6, 6.07) is 6.20. The molecule has 1 amide bonds. The normalized spacial score (nSPS) is 36.6. The van der Waals surface area contributed by atoms with Crippen LogP contribution >= 0.6 is 0 Å². The van der Waals surface area contributed by atoms with Gasteiger partial charge in [-0.3, -0.25) is 14.4 Å². The molecular formula is C34H40N2O11. The van der Waals surface area contributed by atoms with Crippen LogP contribution in [0.2, 0.25) is 0 Å². The molecule has 4 heterocycles. The van der Waals surface area contributed by atoms with Gasteiger partial charge in [0.15, 0.2) is 11.8 Å². The minimum absolute atomic E-state index is 0.0266. The lowest BCUT2D eigenvalue weighted by atomic mass is 9.62. The molecular weight excluding hydrogens is 612 g/mol. The van der Waals surface area contributed by atoms with Gasteiger partial charge in [0.05, 0.1) is 13.2 Å². The van der Waals surface area contributed by atoms with E-state index < -0.39 is 77.0 Å². The first-order chi connectivity index (χ1) is 22.6. The molecule has 47 heavy (non-hydrogen) atoms. The molecule has 1 aromatic rings. The van der Waals surface area contributed by atoms with Gasteiger partial charge >= 0.3 is 17.9 Å². The van der Waals surface area contributed by atoms with Crippen LogP contribution in [0.5, 0.6) is 0 Å². The number of ether oxygens (including phenoxy) is 5. The lowest BCUT2D eigenvalue weighted by molar-refractivity contribution is -0.235. The Morgan fingerprint density at radius 2 is 1.79 bits per heavy atom. The number of nitrogens with zero attached hydrogens (tertiary/aromatic N) is 1. The van der Waals surface area contributed by atoms with E-state index in [1.165, 1.54) is 11.1 Å². The molecule has 7 atom stereocenters. The van der Waals surface area contributed by atoms with Crippen LogP contribution in [0.25, 0.3) is 6.08 Å². The molecule has 0 radical (unpaired) electrons. The number of esters is 3. The second-order valence-electron chi connectivity index (χ2n) is 14.6. The molecule has 7 aliphatic rings. The highest BCUT2D eigenvalue weighted by Gasteiger charge is 2.78. The van der Waals surface area contributed by atoms with Crippen LogP contribution in [0.15, 0.2) is 30.3 Å². The van der Waals surface area contributed by atoms with E-state index in [1.807, 2.05) is 18.2 Å². The Labute approximate surface area is 271 Å². The second kappa shape index (κ2) is 11.1. The third-order valence-corrected chi connectivity index (χ3v) is 10.8. The molecule has 3 saturated carbocycles. The summed E-state index contributed by atoms with van der Waals surface area (Å²) in [5.74, 6) is -2.48. The van der Waals surface area contributed by atoms with Crippen molar-refractivity contribution >= 4 is 29.9 Å². The molecule has 0 spiro atoms. The summed E-state index contributed by atoms with van der Waals surface area (Å²) in [5.41, 5.74) is -0.612. The van der Waals surface area contributed by atoms with Gasteiger partial charge < -0.3 is 34.1 Å². The molecule has 252 valence electrons. The monoisotopic (exact) mass is 652 g/mol. The number of aliphatic hydroxyl groups is 1. The Kier molecular flexibility index (Phi) is 7.30. The van der Waals surface area contributed by atoms with Gasteiger partial charge in [-0.05, 0) is 42.9 Å². The molecule has 2 N–H and O–H groups in total. The average Bonchev–Trinajstić information content (AvgIpc) is 3.99. The quantitative estimate of drug-likeness (QED) is 0.213.